The molecule has 2 amide bonds. The molecule has 1 rings (SSSR count). The average Bonchev–Trinajstić information content (AvgIpc) is 2.43. The van der Waals surface area contributed by atoms with Crippen molar-refractivity contribution in [2.45, 2.75) is 13.8 Å². The topological polar surface area (TPSA) is 76.7 Å². The van der Waals surface area contributed by atoms with Crippen LogP contribution in [0.3, 0.4) is 0 Å². The Bertz CT molecular complexity index is 417. The monoisotopic (exact) mass is 266 g/mol. The van der Waals surface area contributed by atoms with E-state index in [1.54, 1.807) is 31.2 Å². The number of carbonyl (C=O) groups is 2. The Labute approximate surface area is 112 Å². The van der Waals surface area contributed by atoms with E-state index in [9.17, 15) is 9.59 Å². The lowest BCUT2D eigenvalue weighted by Gasteiger charge is -2.08. The van der Waals surface area contributed by atoms with Crippen LogP contribution in [0, 0.1) is 0 Å². The Hall–Kier alpha value is -2.08. The molecule has 0 spiro atoms. The van der Waals surface area contributed by atoms with Gasteiger partial charge in [-0.25, -0.2) is 0 Å². The van der Waals surface area contributed by atoms with Gasteiger partial charge in [-0.2, -0.15) is 0 Å². The van der Waals surface area contributed by atoms with Crippen LogP contribution in [-0.4, -0.2) is 31.6 Å². The minimum Gasteiger partial charge on any atom is -0.494 e. The summed E-state index contributed by atoms with van der Waals surface area (Å²) in [5.41, 5.74) is 4.99. The summed E-state index contributed by atoms with van der Waals surface area (Å²) in [6.45, 7) is 4.60. The van der Waals surface area contributed by atoms with Crippen LogP contribution in [0.4, 0.5) is 0 Å². The van der Waals surface area contributed by atoms with Crippen LogP contribution in [0.5, 0.6) is 5.75 Å². The van der Waals surface area contributed by atoms with E-state index in [0.717, 1.165) is 0 Å². The summed E-state index contributed by atoms with van der Waals surface area (Å²) in [5.74, 6) is -0.103. The van der Waals surface area contributed by atoms with E-state index in [0.29, 0.717) is 24.5 Å². The predicted molar refractivity (Wildman–Crippen MR) is 69.7 cm³/mol. The van der Waals surface area contributed by atoms with Crippen LogP contribution in [0.25, 0.3) is 0 Å². The zero-order valence-corrected chi connectivity index (χ0v) is 11.1. The van der Waals surface area contributed by atoms with Gasteiger partial charge in [0.25, 0.3) is 11.8 Å². The fourth-order valence-electron chi connectivity index (χ4n) is 1.30. The van der Waals surface area contributed by atoms with Gasteiger partial charge in [0, 0.05) is 12.2 Å². The zero-order chi connectivity index (χ0) is 14.1. The van der Waals surface area contributed by atoms with Crippen molar-refractivity contribution >= 4 is 11.8 Å². The van der Waals surface area contributed by atoms with Crippen LogP contribution < -0.4 is 15.6 Å². The number of rotatable bonds is 6. The lowest BCUT2D eigenvalue weighted by Crippen LogP contribution is -2.43. The van der Waals surface area contributed by atoms with Crippen molar-refractivity contribution < 1.29 is 19.1 Å². The summed E-state index contributed by atoms with van der Waals surface area (Å²) in [6.07, 6.45) is 0. The number of benzene rings is 1. The average molecular weight is 266 g/mol. The van der Waals surface area contributed by atoms with Crippen molar-refractivity contribution in [1.82, 2.24) is 10.9 Å². The molecule has 0 heterocycles. The number of hydrogen-bond donors (Lipinski definition) is 2. The maximum atomic E-state index is 11.7. The van der Waals surface area contributed by atoms with E-state index < -0.39 is 11.8 Å². The van der Waals surface area contributed by atoms with E-state index in [-0.39, 0.29) is 6.61 Å². The summed E-state index contributed by atoms with van der Waals surface area (Å²) in [7, 11) is 0. The number of nitrogens with one attached hydrogen (secondary N) is 2. The number of amides is 2. The van der Waals surface area contributed by atoms with Crippen LogP contribution in [0.1, 0.15) is 24.2 Å². The molecule has 0 atom stereocenters. The van der Waals surface area contributed by atoms with Crippen molar-refractivity contribution in [3.8, 4) is 5.75 Å². The van der Waals surface area contributed by atoms with Gasteiger partial charge in [0.15, 0.2) is 0 Å². The summed E-state index contributed by atoms with van der Waals surface area (Å²) in [4.78, 5) is 22.9. The molecule has 1 aromatic rings. The van der Waals surface area contributed by atoms with Gasteiger partial charge in [-0.3, -0.25) is 20.4 Å². The summed E-state index contributed by atoms with van der Waals surface area (Å²) >= 11 is 0. The Morgan fingerprint density at radius 2 is 1.74 bits per heavy atom. The first-order valence-corrected chi connectivity index (χ1v) is 6.07. The Morgan fingerprint density at radius 1 is 1.05 bits per heavy atom. The van der Waals surface area contributed by atoms with Gasteiger partial charge in [0.1, 0.15) is 12.4 Å². The van der Waals surface area contributed by atoms with Crippen LogP contribution in [0.15, 0.2) is 24.3 Å². The van der Waals surface area contributed by atoms with E-state index in [1.165, 1.54) is 0 Å². The normalized spacial score (nSPS) is 9.79. The Balaban J connectivity index is 2.42. The molecular formula is C13H18N2O4. The molecule has 0 unspecified atom stereocenters. The molecule has 0 aliphatic heterocycles. The van der Waals surface area contributed by atoms with Gasteiger partial charge < -0.3 is 9.47 Å². The van der Waals surface area contributed by atoms with Crippen molar-refractivity contribution in [3.63, 3.8) is 0 Å². The molecule has 19 heavy (non-hydrogen) atoms. The molecule has 1 aromatic carbocycles. The number of carbonyl (C=O) groups excluding carboxylic acids is 2. The van der Waals surface area contributed by atoms with Crippen LogP contribution in [-0.2, 0) is 9.53 Å². The second-order valence-corrected chi connectivity index (χ2v) is 3.60. The minimum absolute atomic E-state index is 0.0833. The van der Waals surface area contributed by atoms with Crippen LogP contribution in [0.2, 0.25) is 0 Å². The highest BCUT2D eigenvalue weighted by Crippen LogP contribution is 2.11. The van der Waals surface area contributed by atoms with E-state index in [1.807, 2.05) is 6.92 Å². The minimum atomic E-state index is -0.402. The van der Waals surface area contributed by atoms with Gasteiger partial charge in [-0.15, -0.1) is 0 Å². The fraction of sp³-hybridized carbons (Fsp3) is 0.385. The second kappa shape index (κ2) is 8.10. The van der Waals surface area contributed by atoms with Crippen molar-refractivity contribution in [2.75, 3.05) is 19.8 Å². The largest absolute Gasteiger partial charge is 0.494 e. The predicted octanol–water partition coefficient (Wildman–Crippen LogP) is 0.883. The third-order valence-corrected chi connectivity index (χ3v) is 2.18. The maximum absolute atomic E-state index is 11.7. The molecule has 0 bridgehead atoms. The zero-order valence-electron chi connectivity index (χ0n) is 11.1. The highest BCUT2D eigenvalue weighted by molar-refractivity contribution is 5.95. The Kier molecular flexibility index (Phi) is 6.38. The number of ether oxygens (including phenoxy) is 2. The summed E-state index contributed by atoms with van der Waals surface area (Å²) < 4.78 is 10.2. The quantitative estimate of drug-likeness (QED) is 0.749. The molecule has 2 N–H and O–H groups in total. The lowest BCUT2D eigenvalue weighted by molar-refractivity contribution is -0.126. The van der Waals surface area contributed by atoms with Crippen molar-refractivity contribution in [1.29, 1.82) is 0 Å². The van der Waals surface area contributed by atoms with Gasteiger partial charge in [-0.05, 0) is 38.1 Å². The maximum Gasteiger partial charge on any atom is 0.269 e. The first kappa shape index (κ1) is 15.0. The van der Waals surface area contributed by atoms with E-state index in [2.05, 4.69) is 10.9 Å². The molecule has 6 heteroatoms. The Morgan fingerprint density at radius 3 is 2.32 bits per heavy atom. The van der Waals surface area contributed by atoms with Gasteiger partial charge in [0.05, 0.1) is 6.61 Å². The smallest absolute Gasteiger partial charge is 0.269 e. The second-order valence-electron chi connectivity index (χ2n) is 3.60. The van der Waals surface area contributed by atoms with Crippen molar-refractivity contribution in [3.05, 3.63) is 29.8 Å². The first-order valence-electron chi connectivity index (χ1n) is 6.07. The van der Waals surface area contributed by atoms with E-state index >= 15 is 0 Å². The molecule has 104 valence electrons. The molecule has 0 saturated heterocycles. The number of hydrazine groups is 1. The van der Waals surface area contributed by atoms with E-state index in [4.69, 9.17) is 9.47 Å². The molecule has 0 saturated carbocycles. The van der Waals surface area contributed by atoms with Crippen molar-refractivity contribution in [2.24, 2.45) is 0 Å². The van der Waals surface area contributed by atoms with Gasteiger partial charge in [-0.1, -0.05) is 0 Å². The molecule has 0 aliphatic carbocycles. The molecule has 0 fully saturated rings. The molecular weight excluding hydrogens is 248 g/mol. The third-order valence-electron chi connectivity index (χ3n) is 2.18. The molecule has 0 aliphatic rings. The third kappa shape index (κ3) is 5.39. The highest BCUT2D eigenvalue weighted by atomic mass is 16.5. The SMILES string of the molecule is CCOCC(=O)NNC(=O)c1ccc(OCC)cc1. The molecule has 0 radical (unpaired) electrons. The number of hydrogen-bond acceptors (Lipinski definition) is 4. The highest BCUT2D eigenvalue weighted by Gasteiger charge is 2.07. The van der Waals surface area contributed by atoms with Gasteiger partial charge >= 0.3 is 0 Å². The first-order chi connectivity index (χ1) is 9.17. The molecule has 6 nitrogen and oxygen atoms in total. The molecule has 0 aromatic heterocycles. The summed E-state index contributed by atoms with van der Waals surface area (Å²) in [6, 6.07) is 6.63. The lowest BCUT2D eigenvalue weighted by atomic mass is 10.2. The van der Waals surface area contributed by atoms with Gasteiger partial charge in [0.2, 0.25) is 0 Å². The standard InChI is InChI=1S/C13H18N2O4/c1-3-18-9-12(16)14-15-13(17)10-5-7-11(8-6-10)19-4-2/h5-8H,3-4,9H2,1-2H3,(H,14,16)(H,15,17). The fourth-order valence-corrected chi connectivity index (χ4v) is 1.30. The summed E-state index contributed by atoms with van der Waals surface area (Å²) in [5, 5.41) is 0. The van der Waals surface area contributed by atoms with Crippen LogP contribution >= 0.6 is 0 Å².